The maximum absolute atomic E-state index is 11.8. The standard InChI is InChI=1S/C16H19ClN2O4/c17-13-6-7-15(14(10-13)19(21)22)23-11-16(20)18-9-8-12-4-2-1-3-5-12/h4,6-7,10H,1-3,5,8-9,11H2,(H,18,20). The number of carbonyl (C=O) groups is 1. The first kappa shape index (κ1) is 17.3. The Morgan fingerprint density at radius 1 is 1.39 bits per heavy atom. The quantitative estimate of drug-likeness (QED) is 0.467. The number of nitro groups is 1. The summed E-state index contributed by atoms with van der Waals surface area (Å²) in [5, 5.41) is 13.9. The van der Waals surface area contributed by atoms with Gasteiger partial charge in [-0.1, -0.05) is 23.3 Å². The van der Waals surface area contributed by atoms with Crippen LogP contribution >= 0.6 is 11.6 Å². The van der Waals surface area contributed by atoms with Crippen molar-refractivity contribution in [2.45, 2.75) is 32.1 Å². The van der Waals surface area contributed by atoms with E-state index in [-0.39, 0.29) is 29.0 Å². The summed E-state index contributed by atoms with van der Waals surface area (Å²) in [7, 11) is 0. The lowest BCUT2D eigenvalue weighted by molar-refractivity contribution is -0.385. The SMILES string of the molecule is O=C(COc1ccc(Cl)cc1[N+](=O)[O-])NCCC1=CCCCC1. The summed E-state index contributed by atoms with van der Waals surface area (Å²) in [4.78, 5) is 22.1. The third-order valence-electron chi connectivity index (χ3n) is 3.63. The topological polar surface area (TPSA) is 81.5 Å². The van der Waals surface area contributed by atoms with Gasteiger partial charge in [0.1, 0.15) is 0 Å². The van der Waals surface area contributed by atoms with Crippen LogP contribution in [0, 0.1) is 10.1 Å². The van der Waals surface area contributed by atoms with Crippen LogP contribution in [0.2, 0.25) is 5.02 Å². The Morgan fingerprint density at radius 2 is 2.22 bits per heavy atom. The van der Waals surface area contributed by atoms with E-state index in [9.17, 15) is 14.9 Å². The fourth-order valence-electron chi connectivity index (χ4n) is 2.44. The van der Waals surface area contributed by atoms with E-state index in [0.717, 1.165) is 19.3 Å². The van der Waals surface area contributed by atoms with Crippen LogP contribution in [0.1, 0.15) is 32.1 Å². The molecule has 0 atom stereocenters. The summed E-state index contributed by atoms with van der Waals surface area (Å²) in [5.74, 6) is -0.268. The molecular formula is C16H19ClN2O4. The monoisotopic (exact) mass is 338 g/mol. The normalized spacial score (nSPS) is 14.0. The van der Waals surface area contributed by atoms with Crippen LogP contribution in [-0.4, -0.2) is 24.0 Å². The van der Waals surface area contributed by atoms with Crippen molar-refractivity contribution in [3.05, 3.63) is 45.0 Å². The molecule has 7 heteroatoms. The van der Waals surface area contributed by atoms with Crippen LogP contribution in [0.4, 0.5) is 5.69 Å². The van der Waals surface area contributed by atoms with E-state index in [1.807, 2.05) is 0 Å². The van der Waals surface area contributed by atoms with Crippen molar-refractivity contribution in [1.82, 2.24) is 5.32 Å². The maximum atomic E-state index is 11.8. The van der Waals surface area contributed by atoms with Crippen molar-refractivity contribution in [2.75, 3.05) is 13.2 Å². The van der Waals surface area contributed by atoms with Crippen molar-refractivity contribution < 1.29 is 14.5 Å². The predicted octanol–water partition coefficient (Wildman–Crippen LogP) is 3.63. The maximum Gasteiger partial charge on any atom is 0.312 e. The lowest BCUT2D eigenvalue weighted by Crippen LogP contribution is -2.30. The highest BCUT2D eigenvalue weighted by atomic mass is 35.5. The molecule has 1 aromatic carbocycles. The summed E-state index contributed by atoms with van der Waals surface area (Å²) < 4.78 is 5.23. The molecule has 1 aliphatic carbocycles. The number of hydrogen-bond donors (Lipinski definition) is 1. The van der Waals surface area contributed by atoms with Gasteiger partial charge in [0.25, 0.3) is 5.91 Å². The van der Waals surface area contributed by atoms with Gasteiger partial charge < -0.3 is 10.1 Å². The Kier molecular flexibility index (Phi) is 6.40. The van der Waals surface area contributed by atoms with E-state index < -0.39 is 4.92 Å². The first-order valence-corrected chi connectivity index (χ1v) is 7.95. The van der Waals surface area contributed by atoms with Gasteiger partial charge in [-0.2, -0.15) is 0 Å². The molecule has 0 heterocycles. The smallest absolute Gasteiger partial charge is 0.312 e. The average Bonchev–Trinajstić information content (AvgIpc) is 2.54. The molecule has 2 rings (SSSR count). The molecule has 0 aliphatic heterocycles. The third kappa shape index (κ3) is 5.56. The summed E-state index contributed by atoms with van der Waals surface area (Å²) in [6.45, 7) is 0.290. The van der Waals surface area contributed by atoms with Gasteiger partial charge in [0.05, 0.1) is 4.92 Å². The number of nitrogens with one attached hydrogen (secondary N) is 1. The van der Waals surface area contributed by atoms with E-state index in [1.165, 1.54) is 36.6 Å². The number of rotatable bonds is 7. The first-order chi connectivity index (χ1) is 11.1. The zero-order valence-electron chi connectivity index (χ0n) is 12.7. The zero-order valence-corrected chi connectivity index (χ0v) is 13.5. The van der Waals surface area contributed by atoms with Crippen LogP contribution in [0.3, 0.4) is 0 Å². The molecule has 1 N–H and O–H groups in total. The number of allylic oxidation sites excluding steroid dienone is 1. The Morgan fingerprint density at radius 3 is 2.91 bits per heavy atom. The van der Waals surface area contributed by atoms with Gasteiger partial charge in [-0.25, -0.2) is 0 Å². The van der Waals surface area contributed by atoms with Crippen LogP contribution in [0.15, 0.2) is 29.8 Å². The highest BCUT2D eigenvalue weighted by molar-refractivity contribution is 6.30. The van der Waals surface area contributed by atoms with E-state index in [1.54, 1.807) is 0 Å². The van der Waals surface area contributed by atoms with Gasteiger partial charge in [0.15, 0.2) is 12.4 Å². The molecule has 0 saturated carbocycles. The second-order valence-corrected chi connectivity index (χ2v) is 5.80. The zero-order chi connectivity index (χ0) is 16.7. The highest BCUT2D eigenvalue weighted by Crippen LogP contribution is 2.29. The van der Waals surface area contributed by atoms with Crippen molar-refractivity contribution in [2.24, 2.45) is 0 Å². The van der Waals surface area contributed by atoms with Crippen LogP contribution < -0.4 is 10.1 Å². The number of amides is 1. The molecule has 23 heavy (non-hydrogen) atoms. The third-order valence-corrected chi connectivity index (χ3v) is 3.86. The molecule has 0 saturated heterocycles. The first-order valence-electron chi connectivity index (χ1n) is 7.57. The molecule has 6 nitrogen and oxygen atoms in total. The number of halogens is 1. The Bertz CT molecular complexity index is 616. The number of nitro benzene ring substituents is 1. The van der Waals surface area contributed by atoms with Crippen molar-refractivity contribution in [1.29, 1.82) is 0 Å². The Balaban J connectivity index is 1.78. The molecule has 0 aromatic heterocycles. The minimum atomic E-state index is -0.589. The lowest BCUT2D eigenvalue weighted by Gasteiger charge is -2.13. The van der Waals surface area contributed by atoms with Gasteiger partial charge in [0, 0.05) is 17.6 Å². The van der Waals surface area contributed by atoms with Crippen LogP contribution in [0.5, 0.6) is 5.75 Å². The Labute approximate surface area is 139 Å². The predicted molar refractivity (Wildman–Crippen MR) is 87.8 cm³/mol. The van der Waals surface area contributed by atoms with Crippen molar-refractivity contribution >= 4 is 23.2 Å². The minimum absolute atomic E-state index is 0.0320. The fourth-order valence-corrected chi connectivity index (χ4v) is 2.61. The number of carbonyl (C=O) groups excluding carboxylic acids is 1. The van der Waals surface area contributed by atoms with Gasteiger partial charge in [-0.3, -0.25) is 14.9 Å². The number of benzene rings is 1. The van der Waals surface area contributed by atoms with E-state index >= 15 is 0 Å². The summed E-state index contributed by atoms with van der Waals surface area (Å²) in [5.41, 5.74) is 1.13. The average molecular weight is 339 g/mol. The van der Waals surface area contributed by atoms with E-state index in [4.69, 9.17) is 16.3 Å². The molecule has 0 unspecified atom stereocenters. The summed E-state index contributed by atoms with van der Waals surface area (Å²) in [6, 6.07) is 4.07. The van der Waals surface area contributed by atoms with Gasteiger partial charge in [-0.05, 0) is 44.2 Å². The fraction of sp³-hybridized carbons (Fsp3) is 0.438. The number of hydrogen-bond acceptors (Lipinski definition) is 4. The number of nitrogens with zero attached hydrogens (tertiary/aromatic N) is 1. The van der Waals surface area contributed by atoms with Crippen molar-refractivity contribution in [3.63, 3.8) is 0 Å². The number of ether oxygens (including phenoxy) is 1. The van der Waals surface area contributed by atoms with Crippen LogP contribution in [-0.2, 0) is 4.79 Å². The Hall–Kier alpha value is -2.08. The molecule has 1 aromatic rings. The summed E-state index contributed by atoms with van der Waals surface area (Å²) >= 11 is 5.72. The molecule has 0 radical (unpaired) electrons. The second-order valence-electron chi connectivity index (χ2n) is 5.37. The molecule has 0 bridgehead atoms. The highest BCUT2D eigenvalue weighted by Gasteiger charge is 2.16. The van der Waals surface area contributed by atoms with Crippen LogP contribution in [0.25, 0.3) is 0 Å². The van der Waals surface area contributed by atoms with Gasteiger partial charge in [0.2, 0.25) is 0 Å². The van der Waals surface area contributed by atoms with Gasteiger partial charge in [-0.15, -0.1) is 0 Å². The molecule has 0 spiro atoms. The van der Waals surface area contributed by atoms with Gasteiger partial charge >= 0.3 is 5.69 Å². The second kappa shape index (κ2) is 8.53. The molecule has 124 valence electrons. The largest absolute Gasteiger partial charge is 0.477 e. The lowest BCUT2D eigenvalue weighted by atomic mass is 9.97. The molecule has 1 aliphatic rings. The molecular weight excluding hydrogens is 320 g/mol. The molecule has 0 fully saturated rings. The summed E-state index contributed by atoms with van der Waals surface area (Å²) in [6.07, 6.45) is 7.75. The van der Waals surface area contributed by atoms with E-state index in [2.05, 4.69) is 11.4 Å². The van der Waals surface area contributed by atoms with E-state index in [0.29, 0.717) is 6.54 Å². The minimum Gasteiger partial charge on any atom is -0.477 e. The molecule has 1 amide bonds. The van der Waals surface area contributed by atoms with Crippen molar-refractivity contribution in [3.8, 4) is 5.75 Å².